The number of carbonyl (C=O) groups excluding carboxylic acids is 1. The second kappa shape index (κ2) is 3.32. The van der Waals surface area contributed by atoms with Crippen molar-refractivity contribution in [3.63, 3.8) is 0 Å². The van der Waals surface area contributed by atoms with Crippen LogP contribution in [0.1, 0.15) is 16.1 Å². The van der Waals surface area contributed by atoms with Gasteiger partial charge in [-0.2, -0.15) is 0 Å². The van der Waals surface area contributed by atoms with Gasteiger partial charge in [0.2, 0.25) is 0 Å². The molecule has 2 nitrogen and oxygen atoms in total. The predicted molar refractivity (Wildman–Crippen MR) is 47.1 cm³/mol. The van der Waals surface area contributed by atoms with Crippen LogP contribution >= 0.6 is 27.5 Å². The van der Waals surface area contributed by atoms with Crippen molar-refractivity contribution in [3.05, 3.63) is 26.9 Å². The topological polar surface area (TPSA) is 30.0 Å². The van der Waals surface area contributed by atoms with Gasteiger partial charge in [-0.25, -0.2) is 0 Å². The minimum absolute atomic E-state index is 0.473. The summed E-state index contributed by atoms with van der Waals surface area (Å²) in [5.41, 5.74) is 1.18. The van der Waals surface area contributed by atoms with Crippen LogP contribution in [0.25, 0.3) is 0 Å². The highest BCUT2D eigenvalue weighted by molar-refractivity contribution is 9.10. The summed E-state index contributed by atoms with van der Waals surface area (Å²) in [5, 5.41) is 0.495. The molecule has 0 bridgehead atoms. The number of hydrogen-bond acceptors (Lipinski definition) is 2. The van der Waals surface area contributed by atoms with Crippen LogP contribution in [0.15, 0.2) is 10.7 Å². The molecule has 0 fully saturated rings. The number of aldehydes is 1. The molecule has 11 heavy (non-hydrogen) atoms. The van der Waals surface area contributed by atoms with Gasteiger partial charge in [0.25, 0.3) is 0 Å². The fourth-order valence-corrected chi connectivity index (χ4v) is 1.29. The number of aromatic nitrogens is 1. The molecule has 0 amide bonds. The molecule has 0 atom stereocenters. The van der Waals surface area contributed by atoms with Gasteiger partial charge in [-0.15, -0.1) is 0 Å². The first kappa shape index (κ1) is 8.68. The number of carbonyl (C=O) groups is 1. The summed E-state index contributed by atoms with van der Waals surface area (Å²) < 4.78 is 0.613. The van der Waals surface area contributed by atoms with Gasteiger partial charge >= 0.3 is 0 Å². The third-order valence-corrected chi connectivity index (χ3v) is 2.83. The fourth-order valence-electron chi connectivity index (χ4n) is 0.647. The molecule has 0 radical (unpaired) electrons. The smallest absolute Gasteiger partial charge is 0.152 e. The molecule has 0 N–H and O–H groups in total. The maximum Gasteiger partial charge on any atom is 0.152 e. The summed E-state index contributed by atoms with van der Waals surface area (Å²) in [6, 6.07) is 0. The van der Waals surface area contributed by atoms with Gasteiger partial charge in [0.05, 0.1) is 15.2 Å². The van der Waals surface area contributed by atoms with E-state index in [4.69, 9.17) is 11.6 Å². The van der Waals surface area contributed by atoms with Crippen molar-refractivity contribution >= 4 is 33.8 Å². The number of halogens is 2. The minimum atomic E-state index is 0.473. The maximum absolute atomic E-state index is 10.4. The Kier molecular flexibility index (Phi) is 2.62. The third kappa shape index (κ3) is 1.60. The molecule has 58 valence electrons. The van der Waals surface area contributed by atoms with Crippen molar-refractivity contribution in [2.24, 2.45) is 0 Å². The van der Waals surface area contributed by atoms with Gasteiger partial charge in [0.1, 0.15) is 0 Å². The second-order valence-corrected chi connectivity index (χ2v) is 3.22. The van der Waals surface area contributed by atoms with E-state index in [9.17, 15) is 4.79 Å². The average molecular weight is 234 g/mol. The second-order valence-electron chi connectivity index (χ2n) is 2.04. The lowest BCUT2D eigenvalue weighted by Crippen LogP contribution is -1.89. The normalized spacial score (nSPS) is 9.73. The summed E-state index contributed by atoms with van der Waals surface area (Å²) in [4.78, 5) is 14.3. The SMILES string of the molecule is Cc1ncc(C=O)c(Br)c1Cl. The first-order chi connectivity index (χ1) is 5.16. The Bertz CT molecular complexity index is 301. The van der Waals surface area contributed by atoms with Gasteiger partial charge in [-0.05, 0) is 22.9 Å². The van der Waals surface area contributed by atoms with Crippen LogP contribution in [0.4, 0.5) is 0 Å². The minimum Gasteiger partial charge on any atom is -0.298 e. The first-order valence-electron chi connectivity index (χ1n) is 2.92. The number of pyridine rings is 1. The molecule has 0 saturated heterocycles. The molecule has 0 spiro atoms. The van der Waals surface area contributed by atoms with Crippen LogP contribution in [-0.4, -0.2) is 11.3 Å². The molecule has 1 heterocycles. The molecule has 4 heteroatoms. The molecule has 1 aromatic heterocycles. The maximum atomic E-state index is 10.4. The van der Waals surface area contributed by atoms with Crippen molar-refractivity contribution < 1.29 is 4.79 Å². The zero-order chi connectivity index (χ0) is 8.43. The van der Waals surface area contributed by atoms with Gasteiger partial charge in [-0.3, -0.25) is 9.78 Å². The molecule has 0 aliphatic heterocycles. The Hall–Kier alpha value is -0.410. The van der Waals surface area contributed by atoms with Crippen LogP contribution in [0.2, 0.25) is 5.02 Å². The van der Waals surface area contributed by atoms with E-state index in [2.05, 4.69) is 20.9 Å². The zero-order valence-corrected chi connectivity index (χ0v) is 8.11. The molecule has 0 saturated carbocycles. The number of nitrogens with zero attached hydrogens (tertiary/aromatic N) is 1. The summed E-state index contributed by atoms with van der Waals surface area (Å²) in [6.45, 7) is 1.78. The van der Waals surface area contributed by atoms with Crippen LogP contribution in [0.5, 0.6) is 0 Å². The van der Waals surface area contributed by atoms with Gasteiger partial charge in [-0.1, -0.05) is 11.6 Å². The fraction of sp³-hybridized carbons (Fsp3) is 0.143. The van der Waals surface area contributed by atoms with Crippen molar-refractivity contribution in [1.29, 1.82) is 0 Å². The lowest BCUT2D eigenvalue weighted by Gasteiger charge is -2.00. The predicted octanol–water partition coefficient (Wildman–Crippen LogP) is 2.62. The van der Waals surface area contributed by atoms with Gasteiger partial charge in [0.15, 0.2) is 6.29 Å². The Balaban J connectivity index is 3.36. The first-order valence-corrected chi connectivity index (χ1v) is 4.09. The summed E-state index contributed by atoms with van der Waals surface area (Å²) in [5.74, 6) is 0. The Morgan fingerprint density at radius 3 is 2.91 bits per heavy atom. The molecule has 0 aromatic carbocycles. The van der Waals surface area contributed by atoms with Crippen molar-refractivity contribution in [2.45, 2.75) is 6.92 Å². The quantitative estimate of drug-likeness (QED) is 0.699. The highest BCUT2D eigenvalue weighted by atomic mass is 79.9. The van der Waals surface area contributed by atoms with E-state index >= 15 is 0 Å². The lowest BCUT2D eigenvalue weighted by atomic mass is 10.3. The summed E-state index contributed by atoms with van der Waals surface area (Å²) in [7, 11) is 0. The van der Waals surface area contributed by atoms with Gasteiger partial charge in [0, 0.05) is 11.8 Å². The monoisotopic (exact) mass is 233 g/mol. The zero-order valence-electron chi connectivity index (χ0n) is 5.77. The van der Waals surface area contributed by atoms with Gasteiger partial charge < -0.3 is 0 Å². The van der Waals surface area contributed by atoms with Crippen LogP contribution in [-0.2, 0) is 0 Å². The largest absolute Gasteiger partial charge is 0.298 e. The van der Waals surface area contributed by atoms with E-state index in [-0.39, 0.29) is 0 Å². The number of aryl methyl sites for hydroxylation is 1. The van der Waals surface area contributed by atoms with Crippen molar-refractivity contribution in [1.82, 2.24) is 4.98 Å². The standard InChI is InChI=1S/C7H5BrClNO/c1-4-7(9)6(8)5(3-11)2-10-4/h2-3H,1H3. The number of rotatable bonds is 1. The highest BCUT2D eigenvalue weighted by Crippen LogP contribution is 2.26. The van der Waals surface area contributed by atoms with E-state index in [0.717, 1.165) is 0 Å². The summed E-state index contributed by atoms with van der Waals surface area (Å²) in [6.07, 6.45) is 2.20. The molecule has 1 aromatic rings. The highest BCUT2D eigenvalue weighted by Gasteiger charge is 2.06. The van der Waals surface area contributed by atoms with Crippen LogP contribution in [0.3, 0.4) is 0 Å². The molecule has 0 aliphatic rings. The molecule has 1 rings (SSSR count). The Morgan fingerprint density at radius 2 is 2.36 bits per heavy atom. The molecular formula is C7H5BrClNO. The van der Waals surface area contributed by atoms with Crippen molar-refractivity contribution in [2.75, 3.05) is 0 Å². The van der Waals surface area contributed by atoms with Crippen LogP contribution in [0, 0.1) is 6.92 Å². The van der Waals surface area contributed by atoms with E-state index in [1.807, 2.05) is 0 Å². The average Bonchev–Trinajstić information content (AvgIpc) is 2.01. The lowest BCUT2D eigenvalue weighted by molar-refractivity contribution is 0.112. The molecule has 0 aliphatic carbocycles. The number of hydrogen-bond donors (Lipinski definition) is 0. The van der Waals surface area contributed by atoms with Crippen LogP contribution < -0.4 is 0 Å². The van der Waals surface area contributed by atoms with E-state index in [0.29, 0.717) is 27.0 Å². The third-order valence-electron chi connectivity index (χ3n) is 1.29. The summed E-state index contributed by atoms with van der Waals surface area (Å²) >= 11 is 8.98. The Morgan fingerprint density at radius 1 is 1.73 bits per heavy atom. The Labute approximate surface area is 77.7 Å². The van der Waals surface area contributed by atoms with E-state index in [1.165, 1.54) is 6.20 Å². The molecular weight excluding hydrogens is 229 g/mol. The molecule has 0 unspecified atom stereocenters. The van der Waals surface area contributed by atoms with E-state index in [1.54, 1.807) is 6.92 Å². The van der Waals surface area contributed by atoms with Crippen molar-refractivity contribution in [3.8, 4) is 0 Å². The van der Waals surface area contributed by atoms with E-state index < -0.39 is 0 Å².